The van der Waals surface area contributed by atoms with Crippen LogP contribution in [-0.2, 0) is 0 Å². The zero-order valence-corrected chi connectivity index (χ0v) is 7.03. The van der Waals surface area contributed by atoms with E-state index in [1.54, 1.807) is 0 Å². The molecule has 0 fully saturated rings. The van der Waals surface area contributed by atoms with Crippen molar-refractivity contribution < 1.29 is 15.0 Å². The number of nitrogen functional groups attached to an aromatic ring is 1. The fraction of sp³-hybridized carbons (Fsp3) is 0.125. The topological polar surface area (TPSA) is 95.6 Å². The van der Waals surface area contributed by atoms with Gasteiger partial charge >= 0.3 is 0 Å². The number of benzene rings is 1. The van der Waals surface area contributed by atoms with Crippen molar-refractivity contribution in [3.63, 3.8) is 0 Å². The van der Waals surface area contributed by atoms with E-state index in [1.807, 2.05) is 5.43 Å². The van der Waals surface area contributed by atoms with Crippen LogP contribution >= 0.6 is 0 Å². The van der Waals surface area contributed by atoms with E-state index < -0.39 is 5.91 Å². The summed E-state index contributed by atoms with van der Waals surface area (Å²) in [6, 6.07) is 2.61. The first-order chi connectivity index (χ1) is 6.07. The van der Waals surface area contributed by atoms with Gasteiger partial charge in [-0.1, -0.05) is 0 Å². The van der Waals surface area contributed by atoms with Crippen LogP contribution < -0.4 is 11.3 Å². The normalized spacial score (nSPS) is 9.69. The predicted octanol–water partition coefficient (Wildman–Crippen LogP) is 0.00972. The van der Waals surface area contributed by atoms with Gasteiger partial charge in [-0.2, -0.15) is 0 Å². The number of phenolic OH excluding ortho intramolecular Hbond substituents is 2. The molecule has 0 aliphatic carbocycles. The van der Waals surface area contributed by atoms with Gasteiger partial charge in [-0.3, -0.25) is 10.2 Å². The second-order valence-electron chi connectivity index (χ2n) is 2.58. The monoisotopic (exact) mass is 182 g/mol. The van der Waals surface area contributed by atoms with Crippen LogP contribution in [0.2, 0.25) is 0 Å². The smallest absolute Gasteiger partial charge is 0.268 e. The van der Waals surface area contributed by atoms with Crippen LogP contribution in [0.5, 0.6) is 11.5 Å². The van der Waals surface area contributed by atoms with Crippen LogP contribution in [0.25, 0.3) is 0 Å². The average Bonchev–Trinajstić information content (AvgIpc) is 2.13. The third kappa shape index (κ3) is 1.54. The number of aromatic hydroxyl groups is 2. The number of nitrogens with two attached hydrogens (primary N) is 1. The van der Waals surface area contributed by atoms with Gasteiger partial charge in [-0.05, 0) is 19.1 Å². The molecule has 70 valence electrons. The zero-order valence-electron chi connectivity index (χ0n) is 7.03. The Labute approximate surface area is 74.8 Å². The molecular formula is C8H10N2O3. The highest BCUT2D eigenvalue weighted by Gasteiger charge is 2.13. The molecule has 1 rings (SSSR count). The molecule has 0 atom stereocenters. The van der Waals surface area contributed by atoms with E-state index in [-0.39, 0.29) is 22.6 Å². The summed E-state index contributed by atoms with van der Waals surface area (Å²) in [4.78, 5) is 11.0. The molecule has 1 amide bonds. The number of hydrazine groups is 1. The van der Waals surface area contributed by atoms with Gasteiger partial charge in [-0.15, -0.1) is 0 Å². The van der Waals surface area contributed by atoms with Crippen LogP contribution in [0.4, 0.5) is 0 Å². The van der Waals surface area contributed by atoms with Crippen molar-refractivity contribution in [2.45, 2.75) is 6.92 Å². The van der Waals surface area contributed by atoms with Crippen LogP contribution in [-0.4, -0.2) is 16.1 Å². The maximum atomic E-state index is 11.0. The number of carbonyl (C=O) groups excluding carboxylic acids is 1. The van der Waals surface area contributed by atoms with E-state index in [2.05, 4.69) is 0 Å². The molecule has 13 heavy (non-hydrogen) atoms. The van der Waals surface area contributed by atoms with Crippen molar-refractivity contribution in [3.8, 4) is 11.5 Å². The Kier molecular flexibility index (Phi) is 2.39. The van der Waals surface area contributed by atoms with E-state index in [0.29, 0.717) is 0 Å². The number of hydrogen-bond donors (Lipinski definition) is 4. The minimum atomic E-state index is -0.597. The third-order valence-corrected chi connectivity index (χ3v) is 1.78. The molecule has 0 aliphatic rings. The van der Waals surface area contributed by atoms with Gasteiger partial charge in [0.15, 0.2) is 0 Å². The maximum absolute atomic E-state index is 11.0. The average molecular weight is 182 g/mol. The highest BCUT2D eigenvalue weighted by atomic mass is 16.3. The lowest BCUT2D eigenvalue weighted by atomic mass is 10.1. The summed E-state index contributed by atoms with van der Waals surface area (Å²) in [5.41, 5.74) is 2.18. The molecular weight excluding hydrogens is 172 g/mol. The lowest BCUT2D eigenvalue weighted by Gasteiger charge is -2.06. The van der Waals surface area contributed by atoms with E-state index in [1.165, 1.54) is 19.1 Å². The standard InChI is InChI=1S/C8H10N2O3/c1-4-6(11)3-2-5(7(4)12)8(13)10-9/h2-3,11-12H,9H2,1H3,(H,10,13). The van der Waals surface area contributed by atoms with Gasteiger partial charge < -0.3 is 10.2 Å². The third-order valence-electron chi connectivity index (χ3n) is 1.78. The first-order valence-corrected chi connectivity index (χ1v) is 3.60. The van der Waals surface area contributed by atoms with E-state index >= 15 is 0 Å². The largest absolute Gasteiger partial charge is 0.508 e. The Hall–Kier alpha value is -1.75. The molecule has 0 unspecified atom stereocenters. The highest BCUT2D eigenvalue weighted by Crippen LogP contribution is 2.28. The molecule has 5 nitrogen and oxygen atoms in total. The molecule has 5 heteroatoms. The van der Waals surface area contributed by atoms with Crippen molar-refractivity contribution in [1.29, 1.82) is 0 Å². The minimum absolute atomic E-state index is 0.0396. The summed E-state index contributed by atoms with van der Waals surface area (Å²) >= 11 is 0. The zero-order chi connectivity index (χ0) is 10.0. The molecule has 5 N–H and O–H groups in total. The second kappa shape index (κ2) is 3.32. The van der Waals surface area contributed by atoms with Gasteiger partial charge in [0, 0.05) is 5.56 Å². The Balaban J connectivity index is 3.26. The molecule has 0 bridgehead atoms. The maximum Gasteiger partial charge on any atom is 0.268 e. The highest BCUT2D eigenvalue weighted by molar-refractivity contribution is 5.97. The number of phenols is 2. The number of nitrogens with one attached hydrogen (secondary N) is 1. The molecule has 0 aromatic heterocycles. The molecule has 1 aromatic carbocycles. The Morgan fingerprint density at radius 3 is 2.62 bits per heavy atom. The summed E-state index contributed by atoms with van der Waals surface area (Å²) < 4.78 is 0. The van der Waals surface area contributed by atoms with Crippen LogP contribution in [0.15, 0.2) is 12.1 Å². The van der Waals surface area contributed by atoms with Crippen molar-refractivity contribution in [3.05, 3.63) is 23.3 Å². The quantitative estimate of drug-likeness (QED) is 0.279. The number of rotatable bonds is 1. The fourth-order valence-electron chi connectivity index (χ4n) is 0.950. The molecule has 0 aliphatic heterocycles. The van der Waals surface area contributed by atoms with Gasteiger partial charge in [-0.25, -0.2) is 5.84 Å². The summed E-state index contributed by atoms with van der Waals surface area (Å²) in [6.07, 6.45) is 0. The Bertz CT molecular complexity index is 349. The Morgan fingerprint density at radius 1 is 1.46 bits per heavy atom. The minimum Gasteiger partial charge on any atom is -0.508 e. The van der Waals surface area contributed by atoms with E-state index in [0.717, 1.165) is 0 Å². The summed E-state index contributed by atoms with van der Waals surface area (Å²) in [6.45, 7) is 1.50. The lowest BCUT2D eigenvalue weighted by Crippen LogP contribution is -2.30. The van der Waals surface area contributed by atoms with Gasteiger partial charge in [0.25, 0.3) is 5.91 Å². The van der Waals surface area contributed by atoms with Crippen molar-refractivity contribution in [2.24, 2.45) is 5.84 Å². The SMILES string of the molecule is Cc1c(O)ccc(C(=O)NN)c1O. The first kappa shape index (κ1) is 9.34. The molecule has 0 saturated heterocycles. The molecule has 0 heterocycles. The van der Waals surface area contributed by atoms with Crippen molar-refractivity contribution in [1.82, 2.24) is 5.43 Å². The molecule has 1 aromatic rings. The van der Waals surface area contributed by atoms with Crippen LogP contribution in [0, 0.1) is 6.92 Å². The molecule has 0 saturated carbocycles. The number of amides is 1. The summed E-state index contributed by atoms with van der Waals surface area (Å²) in [7, 11) is 0. The predicted molar refractivity (Wildman–Crippen MR) is 46.2 cm³/mol. The first-order valence-electron chi connectivity index (χ1n) is 3.60. The second-order valence-corrected chi connectivity index (χ2v) is 2.58. The molecule has 0 spiro atoms. The fourth-order valence-corrected chi connectivity index (χ4v) is 0.950. The van der Waals surface area contributed by atoms with Crippen molar-refractivity contribution in [2.75, 3.05) is 0 Å². The Morgan fingerprint density at radius 2 is 2.08 bits per heavy atom. The van der Waals surface area contributed by atoms with Crippen molar-refractivity contribution >= 4 is 5.91 Å². The van der Waals surface area contributed by atoms with E-state index in [4.69, 9.17) is 10.9 Å². The number of carbonyl (C=O) groups is 1. The summed E-state index contributed by atoms with van der Waals surface area (Å²) in [5, 5.41) is 18.6. The number of hydrogen-bond acceptors (Lipinski definition) is 4. The van der Waals surface area contributed by atoms with Gasteiger partial charge in [0.1, 0.15) is 11.5 Å². The van der Waals surface area contributed by atoms with Crippen LogP contribution in [0.1, 0.15) is 15.9 Å². The van der Waals surface area contributed by atoms with Crippen LogP contribution in [0.3, 0.4) is 0 Å². The molecule has 0 radical (unpaired) electrons. The van der Waals surface area contributed by atoms with Gasteiger partial charge in [0.05, 0.1) is 5.56 Å². The lowest BCUT2D eigenvalue weighted by molar-refractivity contribution is 0.0951. The van der Waals surface area contributed by atoms with E-state index in [9.17, 15) is 9.90 Å². The van der Waals surface area contributed by atoms with Gasteiger partial charge in [0.2, 0.25) is 0 Å². The summed E-state index contributed by atoms with van der Waals surface area (Å²) in [5.74, 6) is 3.97.